The summed E-state index contributed by atoms with van der Waals surface area (Å²) in [4.78, 5) is 35.0. The molecule has 2 N–H and O–H groups in total. The second kappa shape index (κ2) is 13.7. The number of aromatic nitrogens is 1. The number of hydrogen-bond acceptors (Lipinski definition) is 6. The number of rotatable bonds is 5. The first-order valence-electron chi connectivity index (χ1n) is 15.1. The Hall–Kier alpha value is -4.50. The number of anilines is 3. The Balaban J connectivity index is 1.21. The summed E-state index contributed by atoms with van der Waals surface area (Å²) in [5.41, 5.74) is -3.18. The van der Waals surface area contributed by atoms with Crippen molar-refractivity contribution in [2.24, 2.45) is 5.92 Å². The number of allylic oxidation sites excluding steroid dienone is 2. The van der Waals surface area contributed by atoms with Gasteiger partial charge in [0.2, 0.25) is 5.76 Å². The Morgan fingerprint density at radius 2 is 1.68 bits per heavy atom. The number of para-hydroxylation sites is 1. The normalized spacial score (nSPS) is 19.5. The fourth-order valence-electron chi connectivity index (χ4n) is 5.75. The van der Waals surface area contributed by atoms with Crippen molar-refractivity contribution < 1.29 is 45.1 Å². The van der Waals surface area contributed by atoms with Gasteiger partial charge in [-0.05, 0) is 61.9 Å². The van der Waals surface area contributed by atoms with Gasteiger partial charge in [-0.2, -0.15) is 26.3 Å². The van der Waals surface area contributed by atoms with Gasteiger partial charge in [0.05, 0.1) is 28.7 Å². The number of alkyl halides is 6. The summed E-state index contributed by atoms with van der Waals surface area (Å²) in [6.45, 7) is 3.90. The molecular weight excluding hydrogens is 637 g/mol. The third-order valence-corrected chi connectivity index (χ3v) is 8.16. The summed E-state index contributed by atoms with van der Waals surface area (Å²) in [6, 6.07) is 4.50. The minimum atomic E-state index is -4.87. The number of piperidine rings is 1. The molecule has 1 aromatic heterocycles. The molecule has 0 bridgehead atoms. The first kappa shape index (κ1) is 33.9. The number of hydrogen-bond donors (Lipinski definition) is 2. The van der Waals surface area contributed by atoms with Crippen molar-refractivity contribution in [1.29, 1.82) is 0 Å². The zero-order chi connectivity index (χ0) is 33.9. The van der Waals surface area contributed by atoms with Gasteiger partial charge in [-0.15, -0.1) is 0 Å². The lowest BCUT2D eigenvalue weighted by Gasteiger charge is -2.35. The van der Waals surface area contributed by atoms with Gasteiger partial charge in [-0.25, -0.2) is 14.2 Å². The number of nitrogens with one attached hydrogen (secondary N) is 2. The number of amides is 3. The highest BCUT2D eigenvalue weighted by Crippen LogP contribution is 2.38. The molecule has 47 heavy (non-hydrogen) atoms. The van der Waals surface area contributed by atoms with Crippen LogP contribution in [0, 0.1) is 11.7 Å². The molecule has 2 fully saturated rings. The van der Waals surface area contributed by atoms with E-state index in [0.29, 0.717) is 30.9 Å². The fourth-order valence-corrected chi connectivity index (χ4v) is 5.75. The second-order valence-corrected chi connectivity index (χ2v) is 11.6. The molecule has 1 atom stereocenters. The van der Waals surface area contributed by atoms with E-state index in [1.54, 1.807) is 11.0 Å². The van der Waals surface area contributed by atoms with Crippen molar-refractivity contribution in [2.45, 2.75) is 45.0 Å². The van der Waals surface area contributed by atoms with E-state index in [-0.39, 0.29) is 44.2 Å². The van der Waals surface area contributed by atoms with Gasteiger partial charge in [0.1, 0.15) is 11.6 Å². The first-order valence-corrected chi connectivity index (χ1v) is 15.1. The average Bonchev–Trinajstić information content (AvgIpc) is 3.26. The smallest absolute Gasteiger partial charge is 0.418 e. The molecule has 1 unspecified atom stereocenters. The number of carbonyl (C=O) groups is 2. The van der Waals surface area contributed by atoms with E-state index in [1.165, 1.54) is 23.2 Å². The van der Waals surface area contributed by atoms with E-state index in [0.717, 1.165) is 25.0 Å². The van der Waals surface area contributed by atoms with Crippen molar-refractivity contribution in [3.8, 4) is 0 Å². The van der Waals surface area contributed by atoms with Crippen molar-refractivity contribution in [1.82, 2.24) is 14.8 Å². The van der Waals surface area contributed by atoms with Crippen molar-refractivity contribution in [2.75, 3.05) is 54.8 Å². The van der Waals surface area contributed by atoms with E-state index in [9.17, 15) is 40.3 Å². The third-order valence-electron chi connectivity index (χ3n) is 8.16. The minimum absolute atomic E-state index is 0.0642. The molecule has 0 saturated carbocycles. The predicted molar refractivity (Wildman–Crippen MR) is 159 cm³/mol. The summed E-state index contributed by atoms with van der Waals surface area (Å²) < 4.78 is 102. The van der Waals surface area contributed by atoms with Gasteiger partial charge in [0.15, 0.2) is 5.88 Å². The highest BCUT2D eigenvalue weighted by Gasteiger charge is 2.41. The Morgan fingerprint density at radius 3 is 2.32 bits per heavy atom. The maximum Gasteiger partial charge on any atom is 0.418 e. The maximum atomic E-state index is 14.2. The quantitative estimate of drug-likeness (QED) is 0.343. The number of ether oxygens (including phenoxy) is 1. The maximum absolute atomic E-state index is 14.2. The number of likely N-dealkylation sites (tertiary alicyclic amines) is 1. The van der Waals surface area contributed by atoms with Gasteiger partial charge in [0, 0.05) is 39.3 Å². The number of carbonyl (C=O) groups excluding carboxylic acids is 2. The molecule has 0 radical (unpaired) electrons. The van der Waals surface area contributed by atoms with E-state index in [2.05, 4.69) is 10.3 Å². The lowest BCUT2D eigenvalue weighted by Crippen LogP contribution is -2.50. The van der Waals surface area contributed by atoms with Gasteiger partial charge in [-0.3, -0.25) is 4.79 Å². The van der Waals surface area contributed by atoms with Gasteiger partial charge in [-0.1, -0.05) is 13.0 Å². The first-order chi connectivity index (χ1) is 22.2. The van der Waals surface area contributed by atoms with Crippen molar-refractivity contribution >= 4 is 29.1 Å². The lowest BCUT2D eigenvalue weighted by atomic mass is 10.0. The lowest BCUT2D eigenvalue weighted by molar-refractivity contribution is -0.137. The largest absolute Gasteiger partial charge is 0.435 e. The fraction of sp³-hybridized carbons (Fsp3) is 0.452. The topological polar surface area (TPSA) is 90.0 Å². The monoisotopic (exact) mass is 670 g/mol. The molecule has 1 aromatic carbocycles. The molecule has 3 amide bonds. The zero-order valence-corrected chi connectivity index (χ0v) is 25.3. The van der Waals surface area contributed by atoms with Gasteiger partial charge < -0.3 is 30.1 Å². The number of nitrogens with zero attached hydrogens (tertiary/aromatic N) is 4. The van der Waals surface area contributed by atoms with Crippen LogP contribution in [0.1, 0.15) is 38.2 Å². The molecule has 3 aliphatic rings. The van der Waals surface area contributed by atoms with Crippen LogP contribution in [-0.4, -0.2) is 72.2 Å². The SMILES string of the molecule is CC1CCCN(C2=CCCC(C(F)(F)F)=C(C(=O)Nc3ccc(N4CCN(C(=O)Nc5c(F)cccc5C(F)(F)F)CC4)nc3)O2)C1. The number of piperazine rings is 1. The Morgan fingerprint density at radius 1 is 0.936 bits per heavy atom. The molecule has 4 heterocycles. The van der Waals surface area contributed by atoms with Crippen LogP contribution >= 0.6 is 0 Å². The van der Waals surface area contributed by atoms with Crippen molar-refractivity contribution in [3.63, 3.8) is 0 Å². The highest BCUT2D eigenvalue weighted by atomic mass is 19.4. The molecule has 16 heteroatoms. The van der Waals surface area contributed by atoms with Crippen LogP contribution in [0.25, 0.3) is 0 Å². The number of benzene rings is 1. The molecule has 2 aromatic rings. The molecule has 5 rings (SSSR count). The van der Waals surface area contributed by atoms with Gasteiger partial charge in [0.25, 0.3) is 5.91 Å². The molecule has 254 valence electrons. The van der Waals surface area contributed by atoms with Crippen LogP contribution in [0.5, 0.6) is 0 Å². The molecule has 9 nitrogen and oxygen atoms in total. The summed E-state index contributed by atoms with van der Waals surface area (Å²) >= 11 is 0. The van der Waals surface area contributed by atoms with Gasteiger partial charge >= 0.3 is 18.4 Å². The van der Waals surface area contributed by atoms with E-state index < -0.39 is 59.1 Å². The van der Waals surface area contributed by atoms with E-state index >= 15 is 0 Å². The molecule has 0 spiro atoms. The average molecular weight is 671 g/mol. The van der Waals surface area contributed by atoms with Crippen LogP contribution in [0.15, 0.2) is 59.8 Å². The van der Waals surface area contributed by atoms with Crippen LogP contribution in [-0.2, 0) is 15.7 Å². The third kappa shape index (κ3) is 8.08. The molecular formula is C31H33F7N6O3. The number of urea groups is 1. The minimum Gasteiger partial charge on any atom is -0.435 e. The Kier molecular flexibility index (Phi) is 9.86. The number of halogens is 7. The molecule has 0 aliphatic carbocycles. The summed E-state index contributed by atoms with van der Waals surface area (Å²) in [5.74, 6) is -2.09. The summed E-state index contributed by atoms with van der Waals surface area (Å²) in [5, 5.41) is 4.48. The Labute approximate surface area is 266 Å². The standard InChI is InChI=1S/C31H33F7N6O3/c1-19-5-4-12-44(18-19)25-9-3-7-22(31(36,37)38)27(47-25)28(45)40-20-10-11-24(39-17-20)42-13-15-43(16-14-42)29(46)41-26-21(30(33,34)35)6-2-8-23(26)32/h2,6,8-11,17,19H,3-5,7,12-16,18H2,1H3,(H,40,45)(H,41,46). The van der Waals surface area contributed by atoms with E-state index in [1.807, 2.05) is 17.1 Å². The predicted octanol–water partition coefficient (Wildman–Crippen LogP) is 6.73. The molecule has 2 saturated heterocycles. The highest BCUT2D eigenvalue weighted by molar-refractivity contribution is 6.03. The number of pyridine rings is 1. The summed E-state index contributed by atoms with van der Waals surface area (Å²) in [6.07, 6.45) is -5.28. The zero-order valence-electron chi connectivity index (χ0n) is 25.3. The Bertz CT molecular complexity index is 1530. The van der Waals surface area contributed by atoms with Crippen LogP contribution in [0.3, 0.4) is 0 Å². The van der Waals surface area contributed by atoms with Crippen LogP contribution in [0.4, 0.5) is 52.7 Å². The van der Waals surface area contributed by atoms with Crippen molar-refractivity contribution in [3.05, 3.63) is 71.2 Å². The second-order valence-electron chi connectivity index (χ2n) is 11.6. The summed E-state index contributed by atoms with van der Waals surface area (Å²) in [7, 11) is 0. The molecule has 3 aliphatic heterocycles. The van der Waals surface area contributed by atoms with E-state index in [4.69, 9.17) is 4.74 Å². The van der Waals surface area contributed by atoms with Crippen LogP contribution in [0.2, 0.25) is 0 Å². The van der Waals surface area contributed by atoms with Crippen LogP contribution < -0.4 is 15.5 Å².